The van der Waals surface area contributed by atoms with Gasteiger partial charge in [-0.3, -0.25) is 14.6 Å². The molecule has 0 aliphatic carbocycles. The van der Waals surface area contributed by atoms with Crippen LogP contribution in [0.1, 0.15) is 27.4 Å². The fraction of sp³-hybridized carbons (Fsp3) is 0.316. The van der Waals surface area contributed by atoms with E-state index in [1.165, 1.54) is 0 Å². The highest BCUT2D eigenvalue weighted by atomic mass is 16.7. The zero-order valence-electron chi connectivity index (χ0n) is 15.7. The van der Waals surface area contributed by atoms with Gasteiger partial charge in [0, 0.05) is 31.9 Å². The molecule has 140 valence electrons. The van der Waals surface area contributed by atoms with Gasteiger partial charge >= 0.3 is 0 Å². The van der Waals surface area contributed by atoms with Crippen LogP contribution >= 0.6 is 0 Å². The average molecular weight is 367 g/mol. The Labute approximate surface area is 156 Å². The van der Waals surface area contributed by atoms with Gasteiger partial charge in [-0.15, -0.1) is 0 Å². The molecular formula is C19H21N5O3. The summed E-state index contributed by atoms with van der Waals surface area (Å²) in [6, 6.07) is 7.46. The topological polar surface area (TPSA) is 85.3 Å². The molecule has 0 fully saturated rings. The van der Waals surface area contributed by atoms with E-state index in [1.807, 2.05) is 43.8 Å². The molecule has 2 aromatic heterocycles. The highest BCUT2D eigenvalue weighted by Crippen LogP contribution is 2.33. The van der Waals surface area contributed by atoms with Crippen LogP contribution in [0.15, 0.2) is 24.3 Å². The minimum absolute atomic E-state index is 0.134. The van der Waals surface area contributed by atoms with Gasteiger partial charge in [0.05, 0.1) is 11.4 Å². The maximum Gasteiger partial charge on any atom is 0.271 e. The molecule has 0 spiro atoms. The van der Waals surface area contributed by atoms with Crippen LogP contribution in [0.5, 0.6) is 11.5 Å². The molecule has 0 saturated heterocycles. The van der Waals surface area contributed by atoms with Gasteiger partial charge in [-0.05, 0) is 37.6 Å². The quantitative estimate of drug-likeness (QED) is 0.765. The van der Waals surface area contributed by atoms with Crippen LogP contribution in [0, 0.1) is 13.8 Å². The smallest absolute Gasteiger partial charge is 0.271 e. The Bertz CT molecular complexity index is 1020. The van der Waals surface area contributed by atoms with Crippen molar-refractivity contribution in [1.29, 1.82) is 0 Å². The Kier molecular flexibility index (Phi) is 4.10. The number of benzene rings is 1. The number of hydrogen-bond acceptors (Lipinski definition) is 5. The molecule has 27 heavy (non-hydrogen) atoms. The lowest BCUT2D eigenvalue weighted by atomic mass is 10.1. The molecule has 1 amide bonds. The first-order valence-electron chi connectivity index (χ1n) is 8.64. The van der Waals surface area contributed by atoms with Crippen molar-refractivity contribution in [2.24, 2.45) is 7.05 Å². The van der Waals surface area contributed by atoms with Crippen LogP contribution in [0.4, 0.5) is 0 Å². The van der Waals surface area contributed by atoms with E-state index in [2.05, 4.69) is 15.3 Å². The summed E-state index contributed by atoms with van der Waals surface area (Å²) in [6.07, 6.45) is 0. The van der Waals surface area contributed by atoms with Gasteiger partial charge in [0.2, 0.25) is 6.79 Å². The predicted octanol–water partition coefficient (Wildman–Crippen LogP) is 2.43. The third kappa shape index (κ3) is 3.03. The minimum atomic E-state index is -0.134. The van der Waals surface area contributed by atoms with E-state index in [9.17, 15) is 4.79 Å². The minimum Gasteiger partial charge on any atom is -0.454 e. The molecule has 0 unspecified atom stereocenters. The van der Waals surface area contributed by atoms with Gasteiger partial charge in [-0.25, -0.2) is 0 Å². The van der Waals surface area contributed by atoms with Crippen LogP contribution in [0.3, 0.4) is 0 Å². The highest BCUT2D eigenvalue weighted by molar-refractivity contribution is 5.93. The van der Waals surface area contributed by atoms with E-state index in [0.29, 0.717) is 18.0 Å². The molecule has 1 aromatic carbocycles. The zero-order valence-corrected chi connectivity index (χ0v) is 15.7. The first kappa shape index (κ1) is 17.1. The molecule has 1 aliphatic rings. The van der Waals surface area contributed by atoms with Gasteiger partial charge in [-0.1, -0.05) is 6.07 Å². The Hall–Kier alpha value is -3.29. The van der Waals surface area contributed by atoms with E-state index in [-0.39, 0.29) is 12.7 Å². The molecule has 8 nitrogen and oxygen atoms in total. The van der Waals surface area contributed by atoms with Crippen LogP contribution in [-0.4, -0.2) is 44.6 Å². The van der Waals surface area contributed by atoms with Gasteiger partial charge in [0.1, 0.15) is 5.69 Å². The standard InChI is InChI=1S/C19H21N5O3/c1-11-18(12(2)24(4)22-11)14-8-15(21-20-14)19(25)23(3)9-13-5-6-16-17(7-13)27-10-26-16/h5-8H,9-10H2,1-4H3,(H,20,21). The number of ether oxygens (including phenoxy) is 2. The molecule has 0 saturated carbocycles. The summed E-state index contributed by atoms with van der Waals surface area (Å²) >= 11 is 0. The lowest BCUT2D eigenvalue weighted by Gasteiger charge is -2.16. The van der Waals surface area contributed by atoms with Crippen molar-refractivity contribution in [3.05, 3.63) is 46.9 Å². The Morgan fingerprint density at radius 1 is 1.26 bits per heavy atom. The van der Waals surface area contributed by atoms with Gasteiger partial charge in [0.15, 0.2) is 11.5 Å². The first-order chi connectivity index (χ1) is 12.9. The maximum atomic E-state index is 12.8. The Balaban J connectivity index is 1.52. The van der Waals surface area contributed by atoms with E-state index >= 15 is 0 Å². The second-order valence-corrected chi connectivity index (χ2v) is 6.69. The van der Waals surface area contributed by atoms with Crippen molar-refractivity contribution in [2.75, 3.05) is 13.8 Å². The highest BCUT2D eigenvalue weighted by Gasteiger charge is 2.20. The predicted molar refractivity (Wildman–Crippen MR) is 98.6 cm³/mol. The third-order valence-corrected chi connectivity index (χ3v) is 4.78. The van der Waals surface area contributed by atoms with E-state index in [0.717, 1.165) is 34.0 Å². The van der Waals surface area contributed by atoms with Crippen LogP contribution in [0.25, 0.3) is 11.3 Å². The second-order valence-electron chi connectivity index (χ2n) is 6.69. The molecule has 0 radical (unpaired) electrons. The molecule has 3 aromatic rings. The molecule has 3 heterocycles. The lowest BCUT2D eigenvalue weighted by Crippen LogP contribution is -2.26. The number of aromatic nitrogens is 4. The molecule has 8 heteroatoms. The Morgan fingerprint density at radius 2 is 2.04 bits per heavy atom. The van der Waals surface area contributed by atoms with Crippen LogP contribution in [0.2, 0.25) is 0 Å². The molecule has 0 bridgehead atoms. The van der Waals surface area contributed by atoms with Crippen LogP contribution in [-0.2, 0) is 13.6 Å². The fourth-order valence-corrected chi connectivity index (χ4v) is 3.29. The SMILES string of the molecule is Cc1nn(C)c(C)c1-c1cc(C(=O)N(C)Cc2ccc3c(c2)OCO3)[nH]n1. The number of rotatable bonds is 4. The number of nitrogens with zero attached hydrogens (tertiary/aromatic N) is 4. The monoisotopic (exact) mass is 367 g/mol. The van der Waals surface area contributed by atoms with Crippen molar-refractivity contribution >= 4 is 5.91 Å². The van der Waals surface area contributed by atoms with Crippen molar-refractivity contribution in [2.45, 2.75) is 20.4 Å². The lowest BCUT2D eigenvalue weighted by molar-refractivity contribution is 0.0779. The first-order valence-corrected chi connectivity index (χ1v) is 8.64. The van der Waals surface area contributed by atoms with Crippen molar-refractivity contribution in [3.8, 4) is 22.8 Å². The van der Waals surface area contributed by atoms with Crippen molar-refractivity contribution in [3.63, 3.8) is 0 Å². The number of aryl methyl sites for hydroxylation is 2. The van der Waals surface area contributed by atoms with Gasteiger partial charge in [-0.2, -0.15) is 10.2 Å². The molecule has 4 rings (SSSR count). The number of carbonyl (C=O) groups excluding carboxylic acids is 1. The van der Waals surface area contributed by atoms with E-state index < -0.39 is 0 Å². The number of amides is 1. The third-order valence-electron chi connectivity index (χ3n) is 4.78. The summed E-state index contributed by atoms with van der Waals surface area (Å²) in [5.74, 6) is 1.30. The number of fused-ring (bicyclic) bond motifs is 1. The molecule has 0 atom stereocenters. The summed E-state index contributed by atoms with van der Waals surface area (Å²) in [5.41, 5.74) is 4.97. The summed E-state index contributed by atoms with van der Waals surface area (Å²) in [7, 11) is 3.65. The van der Waals surface area contributed by atoms with Crippen molar-refractivity contribution in [1.82, 2.24) is 24.9 Å². The summed E-state index contributed by atoms with van der Waals surface area (Å²) < 4.78 is 12.5. The largest absolute Gasteiger partial charge is 0.454 e. The second kappa shape index (κ2) is 6.46. The van der Waals surface area contributed by atoms with Crippen LogP contribution < -0.4 is 9.47 Å². The normalized spacial score (nSPS) is 12.4. The average Bonchev–Trinajstić information content (AvgIpc) is 3.34. The molecule has 1 N–H and O–H groups in total. The number of hydrogen-bond donors (Lipinski definition) is 1. The van der Waals surface area contributed by atoms with E-state index in [1.54, 1.807) is 18.0 Å². The number of carbonyl (C=O) groups is 1. The molecule has 1 aliphatic heterocycles. The summed E-state index contributed by atoms with van der Waals surface area (Å²) in [6.45, 7) is 4.61. The van der Waals surface area contributed by atoms with Gasteiger partial charge < -0.3 is 14.4 Å². The maximum absolute atomic E-state index is 12.8. The Morgan fingerprint density at radius 3 is 2.78 bits per heavy atom. The fourth-order valence-electron chi connectivity index (χ4n) is 3.29. The summed E-state index contributed by atoms with van der Waals surface area (Å²) in [4.78, 5) is 14.4. The van der Waals surface area contributed by atoms with E-state index in [4.69, 9.17) is 9.47 Å². The van der Waals surface area contributed by atoms with Crippen molar-refractivity contribution < 1.29 is 14.3 Å². The molecular weight excluding hydrogens is 346 g/mol. The number of aromatic amines is 1. The number of nitrogens with one attached hydrogen (secondary N) is 1. The zero-order chi connectivity index (χ0) is 19.1. The summed E-state index contributed by atoms with van der Waals surface area (Å²) in [5, 5.41) is 11.6. The van der Waals surface area contributed by atoms with Gasteiger partial charge in [0.25, 0.3) is 5.91 Å². The number of H-pyrrole nitrogens is 1.